The van der Waals surface area contributed by atoms with Crippen LogP contribution in [0.1, 0.15) is 39.1 Å². The highest BCUT2D eigenvalue weighted by Crippen LogP contribution is 2.50. The van der Waals surface area contributed by atoms with Crippen LogP contribution >= 0.6 is 0 Å². The van der Waals surface area contributed by atoms with Crippen molar-refractivity contribution < 1.29 is 24.3 Å². The van der Waals surface area contributed by atoms with E-state index in [4.69, 9.17) is 0 Å². The molecular formula is C24H14O5. The van der Waals surface area contributed by atoms with Crippen molar-refractivity contribution in [1.82, 2.24) is 0 Å². The van der Waals surface area contributed by atoms with Crippen LogP contribution in [0.3, 0.4) is 0 Å². The third kappa shape index (κ3) is 1.85. The third-order valence-electron chi connectivity index (χ3n) is 6.59. The first-order valence-electron chi connectivity index (χ1n) is 9.58. The van der Waals surface area contributed by atoms with E-state index in [1.165, 1.54) is 12.1 Å². The zero-order valence-electron chi connectivity index (χ0n) is 15.2. The van der Waals surface area contributed by atoms with Gasteiger partial charge in [-0.2, -0.15) is 0 Å². The molecule has 6 rings (SSSR count). The molecule has 29 heavy (non-hydrogen) atoms. The van der Waals surface area contributed by atoms with Crippen LogP contribution in [0.5, 0.6) is 5.75 Å². The van der Waals surface area contributed by atoms with Gasteiger partial charge in [-0.15, -0.1) is 0 Å². The van der Waals surface area contributed by atoms with Gasteiger partial charge in [-0.1, -0.05) is 24.3 Å². The lowest BCUT2D eigenvalue weighted by atomic mass is 9.74. The van der Waals surface area contributed by atoms with Crippen LogP contribution in [0.15, 0.2) is 53.6 Å². The van der Waals surface area contributed by atoms with Gasteiger partial charge in [0.1, 0.15) is 5.75 Å². The highest BCUT2D eigenvalue weighted by molar-refractivity contribution is 6.58. The molecule has 2 atom stereocenters. The minimum Gasteiger partial charge on any atom is -0.507 e. The van der Waals surface area contributed by atoms with Crippen molar-refractivity contribution in [2.24, 2.45) is 11.8 Å². The number of phenols is 1. The topological polar surface area (TPSA) is 88.5 Å². The molecule has 2 aromatic rings. The van der Waals surface area contributed by atoms with E-state index < -0.39 is 17.3 Å². The summed E-state index contributed by atoms with van der Waals surface area (Å²) in [6.07, 6.45) is 7.14. The molecule has 1 N–H and O–H groups in total. The van der Waals surface area contributed by atoms with Crippen molar-refractivity contribution in [1.29, 1.82) is 0 Å². The summed E-state index contributed by atoms with van der Waals surface area (Å²) in [5, 5.41) is 11.0. The predicted molar refractivity (Wildman–Crippen MR) is 105 cm³/mol. The molecule has 0 spiro atoms. The van der Waals surface area contributed by atoms with Crippen molar-refractivity contribution in [3.8, 4) is 5.75 Å². The second-order valence-corrected chi connectivity index (χ2v) is 7.92. The van der Waals surface area contributed by atoms with Crippen LogP contribution in [0.4, 0.5) is 0 Å². The Labute approximate surface area is 165 Å². The molecule has 2 aromatic carbocycles. The number of carbonyl (C=O) groups excluding carboxylic acids is 4. The second kappa shape index (κ2) is 5.26. The van der Waals surface area contributed by atoms with Gasteiger partial charge >= 0.3 is 0 Å². The normalized spacial score (nSPS) is 24.6. The van der Waals surface area contributed by atoms with Crippen molar-refractivity contribution in [2.45, 2.75) is 12.8 Å². The molecule has 0 aromatic heterocycles. The molecule has 0 heterocycles. The fraction of sp³-hybridized carbons (Fsp3) is 0.167. The molecule has 1 saturated carbocycles. The summed E-state index contributed by atoms with van der Waals surface area (Å²) in [4.78, 5) is 50.9. The van der Waals surface area contributed by atoms with E-state index in [-0.39, 0.29) is 34.5 Å². The SMILES string of the molecule is O=C1C(=O)C2CCC=C3C=CC(c4ccc5c(O)ccc6c5c4C(=O)C6=O)=C1C32. The van der Waals surface area contributed by atoms with Gasteiger partial charge in [-0.25, -0.2) is 0 Å². The Balaban J connectivity index is 1.70. The fourth-order valence-corrected chi connectivity index (χ4v) is 5.33. The fourth-order valence-electron chi connectivity index (χ4n) is 5.33. The molecule has 5 nitrogen and oxygen atoms in total. The summed E-state index contributed by atoms with van der Waals surface area (Å²) in [7, 11) is 0. The summed E-state index contributed by atoms with van der Waals surface area (Å²) >= 11 is 0. The van der Waals surface area contributed by atoms with Gasteiger partial charge in [0.25, 0.3) is 0 Å². The first-order chi connectivity index (χ1) is 14.0. The number of Topliss-reactive ketones (excluding diaryl/α,β-unsaturated/α-hetero) is 4. The van der Waals surface area contributed by atoms with Crippen molar-refractivity contribution in [3.05, 3.63) is 70.3 Å². The molecule has 0 amide bonds. The van der Waals surface area contributed by atoms with Crippen LogP contribution in [-0.2, 0) is 9.59 Å². The third-order valence-corrected chi connectivity index (χ3v) is 6.59. The number of rotatable bonds is 1. The molecule has 2 unspecified atom stereocenters. The maximum atomic E-state index is 12.9. The lowest BCUT2D eigenvalue weighted by molar-refractivity contribution is -0.134. The van der Waals surface area contributed by atoms with Crippen LogP contribution < -0.4 is 0 Å². The van der Waals surface area contributed by atoms with Gasteiger partial charge in [0.05, 0.1) is 0 Å². The van der Waals surface area contributed by atoms with Gasteiger partial charge < -0.3 is 5.11 Å². The molecule has 0 bridgehead atoms. The van der Waals surface area contributed by atoms with Crippen LogP contribution in [0.25, 0.3) is 16.3 Å². The molecule has 4 aliphatic rings. The Hall–Kier alpha value is -3.60. The first-order valence-corrected chi connectivity index (χ1v) is 9.58. The molecule has 0 radical (unpaired) electrons. The number of aromatic hydroxyl groups is 1. The van der Waals surface area contributed by atoms with E-state index in [9.17, 15) is 24.3 Å². The Morgan fingerprint density at radius 3 is 2.48 bits per heavy atom. The Kier molecular flexibility index (Phi) is 2.97. The molecule has 0 aliphatic heterocycles. The predicted octanol–water partition coefficient (Wildman–Crippen LogP) is 3.35. The molecule has 0 saturated heterocycles. The van der Waals surface area contributed by atoms with E-state index in [2.05, 4.69) is 6.08 Å². The smallest absolute Gasteiger partial charge is 0.234 e. The summed E-state index contributed by atoms with van der Waals surface area (Å²) in [5.74, 6) is -2.76. The van der Waals surface area contributed by atoms with Gasteiger partial charge in [0.2, 0.25) is 23.1 Å². The van der Waals surface area contributed by atoms with E-state index >= 15 is 0 Å². The maximum absolute atomic E-state index is 12.9. The summed E-state index contributed by atoms with van der Waals surface area (Å²) in [5.41, 5.74) is 2.87. The zero-order valence-corrected chi connectivity index (χ0v) is 15.2. The lowest BCUT2D eigenvalue weighted by Gasteiger charge is -2.28. The number of carbonyl (C=O) groups is 4. The number of allylic oxidation sites excluding steroid dienone is 6. The Bertz CT molecular complexity index is 1330. The number of phenolic OH excluding ortho intramolecular Hbond substituents is 1. The average molecular weight is 382 g/mol. The van der Waals surface area contributed by atoms with Gasteiger partial charge in [0, 0.05) is 39.3 Å². The van der Waals surface area contributed by atoms with E-state index in [0.717, 1.165) is 12.0 Å². The van der Waals surface area contributed by atoms with E-state index in [0.29, 0.717) is 33.9 Å². The molecular weight excluding hydrogens is 368 g/mol. The largest absolute Gasteiger partial charge is 0.507 e. The molecule has 1 fully saturated rings. The lowest BCUT2D eigenvalue weighted by Crippen LogP contribution is -2.21. The van der Waals surface area contributed by atoms with E-state index in [1.807, 2.05) is 6.08 Å². The van der Waals surface area contributed by atoms with Crippen molar-refractivity contribution in [2.75, 3.05) is 0 Å². The first kappa shape index (κ1) is 16.4. The molecule has 140 valence electrons. The summed E-state index contributed by atoms with van der Waals surface area (Å²) in [6, 6.07) is 6.18. The maximum Gasteiger partial charge on any atom is 0.234 e. The van der Waals surface area contributed by atoms with E-state index in [1.54, 1.807) is 18.2 Å². The minimum absolute atomic E-state index is 0.0134. The van der Waals surface area contributed by atoms with Gasteiger partial charge in [0.15, 0.2) is 0 Å². The minimum atomic E-state index is -0.647. The van der Waals surface area contributed by atoms with Gasteiger partial charge in [-0.05, 0) is 47.8 Å². The number of hydrogen-bond acceptors (Lipinski definition) is 5. The Morgan fingerprint density at radius 1 is 0.862 bits per heavy atom. The quantitative estimate of drug-likeness (QED) is 0.764. The number of hydrogen-bond donors (Lipinski definition) is 1. The Morgan fingerprint density at radius 2 is 1.66 bits per heavy atom. The zero-order chi connectivity index (χ0) is 20.0. The summed E-state index contributed by atoms with van der Waals surface area (Å²) in [6.45, 7) is 0. The molecule has 5 heteroatoms. The average Bonchev–Trinajstić information content (AvgIpc) is 3.14. The van der Waals surface area contributed by atoms with Crippen LogP contribution in [0, 0.1) is 11.8 Å². The van der Waals surface area contributed by atoms with Crippen molar-refractivity contribution >= 4 is 39.5 Å². The number of benzene rings is 2. The standard InChI is InChI=1S/C24H14O5/c25-16-9-8-15-18-13(16)7-6-12(20(18)24(29)22(15)27)11-5-4-10-2-1-3-14-17(10)19(11)23(28)21(14)26/h2,4-9,14,17,25H,1,3H2. The highest BCUT2D eigenvalue weighted by Gasteiger charge is 2.50. The van der Waals surface area contributed by atoms with Crippen LogP contribution in [-0.4, -0.2) is 28.2 Å². The molecule has 4 aliphatic carbocycles. The summed E-state index contributed by atoms with van der Waals surface area (Å²) < 4.78 is 0. The van der Waals surface area contributed by atoms with Crippen LogP contribution in [0.2, 0.25) is 0 Å². The monoisotopic (exact) mass is 382 g/mol. The van der Waals surface area contributed by atoms with Gasteiger partial charge in [-0.3, -0.25) is 19.2 Å². The van der Waals surface area contributed by atoms with Crippen molar-refractivity contribution in [3.63, 3.8) is 0 Å². The number of ketones is 4. The highest BCUT2D eigenvalue weighted by atomic mass is 16.3. The second-order valence-electron chi connectivity index (χ2n) is 7.92.